The number of thiazole rings is 1. The van der Waals surface area contributed by atoms with Gasteiger partial charge in [0.05, 0.1) is 11.7 Å². The average Bonchev–Trinajstić information content (AvgIpc) is 3.03. The molecule has 1 aliphatic rings. The third kappa shape index (κ3) is 3.07. The van der Waals surface area contributed by atoms with Crippen LogP contribution in [0.1, 0.15) is 48.5 Å². The Morgan fingerprint density at radius 1 is 1.30 bits per heavy atom. The summed E-state index contributed by atoms with van der Waals surface area (Å²) in [6.45, 7) is 4.26. The minimum atomic E-state index is 0.483. The van der Waals surface area contributed by atoms with Gasteiger partial charge in [0, 0.05) is 24.3 Å². The van der Waals surface area contributed by atoms with Crippen LogP contribution in [0.4, 0.5) is 0 Å². The summed E-state index contributed by atoms with van der Waals surface area (Å²) in [6.07, 6.45) is 8.80. The van der Waals surface area contributed by atoms with Gasteiger partial charge in [-0.05, 0) is 37.4 Å². The molecule has 0 aliphatic carbocycles. The van der Waals surface area contributed by atoms with Crippen molar-refractivity contribution < 1.29 is 0 Å². The molecule has 3 heterocycles. The minimum absolute atomic E-state index is 0.483. The van der Waals surface area contributed by atoms with Gasteiger partial charge in [-0.25, -0.2) is 4.98 Å². The maximum Gasteiger partial charge on any atom is 0.110 e. The average molecular weight is 287 g/mol. The summed E-state index contributed by atoms with van der Waals surface area (Å²) in [5.41, 5.74) is 2.48. The van der Waals surface area contributed by atoms with E-state index in [0.717, 1.165) is 19.5 Å². The molecule has 0 amide bonds. The van der Waals surface area contributed by atoms with Crippen molar-refractivity contribution in [3.63, 3.8) is 0 Å². The van der Waals surface area contributed by atoms with Crippen LogP contribution in [0, 0.1) is 0 Å². The quantitative estimate of drug-likeness (QED) is 0.856. The number of likely N-dealkylation sites (tertiary alicyclic amines) is 1. The Kier molecular flexibility index (Phi) is 4.43. The molecule has 2 aromatic rings. The number of piperidine rings is 1. The van der Waals surface area contributed by atoms with E-state index in [-0.39, 0.29) is 0 Å². The van der Waals surface area contributed by atoms with Gasteiger partial charge in [-0.1, -0.05) is 19.4 Å². The van der Waals surface area contributed by atoms with Crippen molar-refractivity contribution >= 4 is 11.3 Å². The molecule has 0 saturated carbocycles. The van der Waals surface area contributed by atoms with Crippen molar-refractivity contribution in [1.29, 1.82) is 0 Å². The molecule has 0 bridgehead atoms. The van der Waals surface area contributed by atoms with Crippen LogP contribution in [-0.2, 0) is 13.0 Å². The zero-order chi connectivity index (χ0) is 13.8. The maximum absolute atomic E-state index is 4.60. The second-order valence-corrected chi connectivity index (χ2v) is 6.29. The summed E-state index contributed by atoms with van der Waals surface area (Å²) < 4.78 is 0. The topological polar surface area (TPSA) is 29.0 Å². The Bertz CT molecular complexity index is 521. The van der Waals surface area contributed by atoms with Crippen molar-refractivity contribution in [3.05, 3.63) is 46.2 Å². The Labute approximate surface area is 124 Å². The van der Waals surface area contributed by atoms with E-state index in [1.54, 1.807) is 11.3 Å². The number of hydrogen-bond donors (Lipinski definition) is 0. The van der Waals surface area contributed by atoms with Crippen molar-refractivity contribution in [2.24, 2.45) is 0 Å². The number of nitrogens with zero attached hydrogens (tertiary/aromatic N) is 3. The van der Waals surface area contributed by atoms with Crippen LogP contribution in [0.15, 0.2) is 29.9 Å². The van der Waals surface area contributed by atoms with Gasteiger partial charge in [0.25, 0.3) is 0 Å². The van der Waals surface area contributed by atoms with E-state index in [0.29, 0.717) is 6.04 Å². The Morgan fingerprint density at radius 2 is 2.25 bits per heavy atom. The predicted octanol–water partition coefficient (Wildman–Crippen LogP) is 3.83. The Balaban J connectivity index is 1.73. The molecule has 1 fully saturated rings. The summed E-state index contributed by atoms with van der Waals surface area (Å²) in [4.78, 5) is 11.7. The van der Waals surface area contributed by atoms with Gasteiger partial charge in [-0.3, -0.25) is 9.88 Å². The highest BCUT2D eigenvalue weighted by Crippen LogP contribution is 2.32. The standard InChI is InChI=1S/C16H21N3S/c1-2-13-6-7-14(18-11-13)12-19-9-4-3-5-15(19)16-17-8-10-20-16/h6-8,10-11,15H,2-5,9,12H2,1H3. The van der Waals surface area contributed by atoms with E-state index in [1.807, 2.05) is 12.4 Å². The van der Waals surface area contributed by atoms with E-state index in [1.165, 1.54) is 35.5 Å². The fraction of sp³-hybridized carbons (Fsp3) is 0.500. The molecule has 1 aliphatic heterocycles. The van der Waals surface area contributed by atoms with Crippen LogP contribution in [0.5, 0.6) is 0 Å². The molecule has 20 heavy (non-hydrogen) atoms. The molecule has 106 valence electrons. The van der Waals surface area contributed by atoms with Crippen LogP contribution >= 0.6 is 11.3 Å². The second kappa shape index (κ2) is 6.46. The largest absolute Gasteiger partial charge is 0.288 e. The minimum Gasteiger partial charge on any atom is -0.288 e. The fourth-order valence-corrected chi connectivity index (χ4v) is 3.63. The summed E-state index contributed by atoms with van der Waals surface area (Å²) in [6, 6.07) is 4.85. The van der Waals surface area contributed by atoms with Gasteiger partial charge in [0.1, 0.15) is 5.01 Å². The molecule has 1 atom stereocenters. The van der Waals surface area contributed by atoms with Crippen molar-refractivity contribution in [2.75, 3.05) is 6.54 Å². The Hall–Kier alpha value is -1.26. The lowest BCUT2D eigenvalue weighted by molar-refractivity contribution is 0.138. The molecule has 0 aromatic carbocycles. The maximum atomic E-state index is 4.60. The lowest BCUT2D eigenvalue weighted by atomic mass is 10.0. The molecule has 1 unspecified atom stereocenters. The van der Waals surface area contributed by atoms with Crippen LogP contribution in [0.3, 0.4) is 0 Å². The molecule has 3 rings (SSSR count). The molecule has 4 heteroatoms. The molecule has 0 spiro atoms. The van der Waals surface area contributed by atoms with Gasteiger partial charge in [0.15, 0.2) is 0 Å². The summed E-state index contributed by atoms with van der Waals surface area (Å²) in [7, 11) is 0. The van der Waals surface area contributed by atoms with Gasteiger partial charge in [-0.2, -0.15) is 0 Å². The third-order valence-corrected chi connectivity index (χ3v) is 4.89. The van der Waals surface area contributed by atoms with Crippen LogP contribution < -0.4 is 0 Å². The Morgan fingerprint density at radius 3 is 2.95 bits per heavy atom. The van der Waals surface area contributed by atoms with Crippen LogP contribution in [0.2, 0.25) is 0 Å². The first-order valence-corrected chi connectivity index (χ1v) is 8.32. The number of hydrogen-bond acceptors (Lipinski definition) is 4. The van der Waals surface area contributed by atoms with Crippen molar-refractivity contribution in [3.8, 4) is 0 Å². The predicted molar refractivity (Wildman–Crippen MR) is 82.7 cm³/mol. The number of rotatable bonds is 4. The van der Waals surface area contributed by atoms with Gasteiger partial charge in [0.2, 0.25) is 0 Å². The van der Waals surface area contributed by atoms with Crippen molar-refractivity contribution in [1.82, 2.24) is 14.9 Å². The second-order valence-electron chi connectivity index (χ2n) is 5.36. The smallest absolute Gasteiger partial charge is 0.110 e. The van der Waals surface area contributed by atoms with Gasteiger partial charge in [-0.15, -0.1) is 11.3 Å². The normalized spacial score (nSPS) is 20.1. The van der Waals surface area contributed by atoms with Crippen molar-refractivity contribution in [2.45, 2.75) is 45.2 Å². The highest BCUT2D eigenvalue weighted by atomic mass is 32.1. The third-order valence-electron chi connectivity index (χ3n) is 4.01. The molecule has 1 saturated heterocycles. The SMILES string of the molecule is CCc1ccc(CN2CCCCC2c2nccs2)nc1. The monoisotopic (exact) mass is 287 g/mol. The first kappa shape index (κ1) is 13.7. The van der Waals surface area contributed by atoms with E-state index in [2.05, 4.69) is 39.3 Å². The molecular weight excluding hydrogens is 266 g/mol. The highest BCUT2D eigenvalue weighted by Gasteiger charge is 2.25. The molecular formula is C16H21N3S. The lowest BCUT2D eigenvalue weighted by Gasteiger charge is -2.34. The number of aryl methyl sites for hydroxylation is 1. The molecule has 0 radical (unpaired) electrons. The number of pyridine rings is 1. The molecule has 3 nitrogen and oxygen atoms in total. The fourth-order valence-electron chi connectivity index (χ4n) is 2.82. The van der Waals surface area contributed by atoms with Crippen LogP contribution in [-0.4, -0.2) is 21.4 Å². The molecule has 2 aromatic heterocycles. The van der Waals surface area contributed by atoms with E-state index in [9.17, 15) is 0 Å². The first-order valence-electron chi connectivity index (χ1n) is 7.44. The zero-order valence-electron chi connectivity index (χ0n) is 12.0. The van der Waals surface area contributed by atoms with E-state index < -0.39 is 0 Å². The summed E-state index contributed by atoms with van der Waals surface area (Å²) >= 11 is 1.78. The molecule has 0 N–H and O–H groups in total. The number of aromatic nitrogens is 2. The van der Waals surface area contributed by atoms with Gasteiger partial charge < -0.3 is 0 Å². The first-order chi connectivity index (χ1) is 9.86. The van der Waals surface area contributed by atoms with E-state index in [4.69, 9.17) is 0 Å². The highest BCUT2D eigenvalue weighted by molar-refractivity contribution is 7.09. The lowest BCUT2D eigenvalue weighted by Crippen LogP contribution is -2.33. The summed E-state index contributed by atoms with van der Waals surface area (Å²) in [5.74, 6) is 0. The zero-order valence-corrected chi connectivity index (χ0v) is 12.8. The van der Waals surface area contributed by atoms with Gasteiger partial charge >= 0.3 is 0 Å². The van der Waals surface area contributed by atoms with Crippen LogP contribution in [0.25, 0.3) is 0 Å². The summed E-state index contributed by atoms with van der Waals surface area (Å²) in [5, 5.41) is 3.34. The van der Waals surface area contributed by atoms with E-state index >= 15 is 0 Å².